The van der Waals surface area contributed by atoms with Crippen molar-refractivity contribution in [2.75, 3.05) is 53.0 Å². The van der Waals surface area contributed by atoms with Crippen LogP contribution in [0.4, 0.5) is 0 Å². The van der Waals surface area contributed by atoms with Crippen LogP contribution in [0, 0.1) is 0 Å². The molecular weight excluding hydrogens is 406 g/mol. The molecule has 2 aliphatic rings. The van der Waals surface area contributed by atoms with E-state index < -0.39 is 0 Å². The van der Waals surface area contributed by atoms with Crippen LogP contribution in [0.5, 0.6) is 11.5 Å². The Morgan fingerprint density at radius 3 is 2.68 bits per heavy atom. The summed E-state index contributed by atoms with van der Waals surface area (Å²) in [4.78, 5) is 5.19. The first-order chi connectivity index (χ1) is 11.7. The number of ether oxygens (including phenoxy) is 2. The fourth-order valence-electron chi connectivity index (χ4n) is 3.71. The average molecular weight is 435 g/mol. The number of rotatable bonds is 6. The molecule has 0 amide bonds. The van der Waals surface area contributed by atoms with Crippen molar-refractivity contribution < 1.29 is 9.47 Å². The molecule has 2 heterocycles. The minimum atomic E-state index is 0. The Bertz CT molecular complexity index is 555. The molecule has 2 saturated heterocycles. The SMILES string of the molecule is CCOc1c(Br)cc(CN2CCC(N3CCNCC3)C2)cc1OC.Cl. The van der Waals surface area contributed by atoms with Gasteiger partial charge < -0.3 is 14.8 Å². The van der Waals surface area contributed by atoms with E-state index in [4.69, 9.17) is 9.47 Å². The first-order valence-corrected chi connectivity index (χ1v) is 9.67. The molecule has 0 aliphatic carbocycles. The zero-order chi connectivity index (χ0) is 16.9. The zero-order valence-electron chi connectivity index (χ0n) is 15.1. The summed E-state index contributed by atoms with van der Waals surface area (Å²) < 4.78 is 12.2. The van der Waals surface area contributed by atoms with Crippen molar-refractivity contribution in [1.82, 2.24) is 15.1 Å². The fraction of sp³-hybridized carbons (Fsp3) is 0.667. The van der Waals surface area contributed by atoms with Gasteiger partial charge in [0.1, 0.15) is 0 Å². The summed E-state index contributed by atoms with van der Waals surface area (Å²) in [6.07, 6.45) is 1.27. The van der Waals surface area contributed by atoms with Gasteiger partial charge >= 0.3 is 0 Å². The average Bonchev–Trinajstić information content (AvgIpc) is 3.06. The molecule has 3 rings (SSSR count). The third kappa shape index (κ3) is 5.23. The van der Waals surface area contributed by atoms with E-state index >= 15 is 0 Å². The lowest BCUT2D eigenvalue weighted by molar-refractivity contribution is 0.170. The minimum absolute atomic E-state index is 0. The van der Waals surface area contributed by atoms with E-state index in [0.29, 0.717) is 12.6 Å². The maximum Gasteiger partial charge on any atom is 0.175 e. The van der Waals surface area contributed by atoms with E-state index in [2.05, 4.69) is 43.2 Å². The van der Waals surface area contributed by atoms with Crippen LogP contribution < -0.4 is 14.8 Å². The number of hydrogen-bond acceptors (Lipinski definition) is 5. The number of piperazine rings is 1. The lowest BCUT2D eigenvalue weighted by Gasteiger charge is -2.32. The largest absolute Gasteiger partial charge is 0.493 e. The van der Waals surface area contributed by atoms with Gasteiger partial charge in [0.25, 0.3) is 0 Å². The van der Waals surface area contributed by atoms with Crippen LogP contribution >= 0.6 is 28.3 Å². The highest BCUT2D eigenvalue weighted by molar-refractivity contribution is 9.10. The van der Waals surface area contributed by atoms with E-state index in [0.717, 1.165) is 42.2 Å². The number of methoxy groups -OCH3 is 1. The summed E-state index contributed by atoms with van der Waals surface area (Å²) >= 11 is 3.62. The van der Waals surface area contributed by atoms with Crippen molar-refractivity contribution in [3.05, 3.63) is 22.2 Å². The summed E-state index contributed by atoms with van der Waals surface area (Å²) in [6.45, 7) is 10.5. The van der Waals surface area contributed by atoms with Gasteiger partial charge in [-0.1, -0.05) is 0 Å². The lowest BCUT2D eigenvalue weighted by atomic mass is 10.2. The van der Waals surface area contributed by atoms with Crippen LogP contribution in [-0.2, 0) is 6.54 Å². The Morgan fingerprint density at radius 1 is 1.24 bits per heavy atom. The van der Waals surface area contributed by atoms with Crippen molar-refractivity contribution in [3.63, 3.8) is 0 Å². The smallest absolute Gasteiger partial charge is 0.175 e. The van der Waals surface area contributed by atoms with Crippen LogP contribution in [0.3, 0.4) is 0 Å². The molecule has 2 aliphatic heterocycles. The number of benzene rings is 1. The third-order valence-electron chi connectivity index (χ3n) is 4.90. The minimum Gasteiger partial charge on any atom is -0.493 e. The number of halogens is 2. The van der Waals surface area contributed by atoms with E-state index in [-0.39, 0.29) is 12.4 Å². The van der Waals surface area contributed by atoms with Crippen molar-refractivity contribution >= 4 is 28.3 Å². The van der Waals surface area contributed by atoms with Gasteiger partial charge in [-0.2, -0.15) is 0 Å². The van der Waals surface area contributed by atoms with Crippen molar-refractivity contribution in [2.45, 2.75) is 25.9 Å². The van der Waals surface area contributed by atoms with E-state index in [1.54, 1.807) is 7.11 Å². The predicted molar refractivity (Wildman–Crippen MR) is 107 cm³/mol. The van der Waals surface area contributed by atoms with Gasteiger partial charge in [0.05, 0.1) is 18.2 Å². The number of nitrogens with one attached hydrogen (secondary N) is 1. The Balaban J connectivity index is 0.00000225. The Morgan fingerprint density at radius 2 is 2.00 bits per heavy atom. The first kappa shape index (κ1) is 20.8. The molecule has 1 aromatic rings. The molecular formula is C18H29BrClN3O2. The molecule has 1 atom stereocenters. The number of likely N-dealkylation sites (tertiary alicyclic amines) is 1. The molecule has 25 heavy (non-hydrogen) atoms. The van der Waals surface area contributed by atoms with Crippen LogP contribution in [-0.4, -0.2) is 68.8 Å². The Kier molecular flexibility index (Phi) is 8.29. The van der Waals surface area contributed by atoms with Gasteiger partial charge in [0.2, 0.25) is 0 Å². The van der Waals surface area contributed by atoms with Gasteiger partial charge in [-0.25, -0.2) is 0 Å². The first-order valence-electron chi connectivity index (χ1n) is 8.87. The summed E-state index contributed by atoms with van der Waals surface area (Å²) in [5, 5.41) is 3.44. The van der Waals surface area contributed by atoms with Crippen LogP contribution in [0.1, 0.15) is 18.9 Å². The quantitative estimate of drug-likeness (QED) is 0.745. The molecule has 1 unspecified atom stereocenters. The molecule has 0 radical (unpaired) electrons. The van der Waals surface area contributed by atoms with E-state index in [1.165, 1.54) is 31.6 Å². The van der Waals surface area contributed by atoms with Crippen LogP contribution in [0.2, 0.25) is 0 Å². The van der Waals surface area contributed by atoms with Gasteiger partial charge in [-0.3, -0.25) is 9.80 Å². The molecule has 1 aromatic carbocycles. The second-order valence-corrected chi connectivity index (χ2v) is 7.36. The van der Waals surface area contributed by atoms with Crippen LogP contribution in [0.15, 0.2) is 16.6 Å². The predicted octanol–water partition coefficient (Wildman–Crippen LogP) is 2.76. The molecule has 2 fully saturated rings. The molecule has 142 valence electrons. The second-order valence-electron chi connectivity index (χ2n) is 6.51. The molecule has 0 aromatic heterocycles. The Hall–Kier alpha value is -0.530. The molecule has 7 heteroatoms. The third-order valence-corrected chi connectivity index (χ3v) is 5.49. The molecule has 1 N–H and O–H groups in total. The van der Waals surface area contributed by atoms with Crippen molar-refractivity contribution in [1.29, 1.82) is 0 Å². The van der Waals surface area contributed by atoms with Gasteiger partial charge in [0.15, 0.2) is 11.5 Å². The van der Waals surface area contributed by atoms with Gasteiger partial charge in [0, 0.05) is 51.9 Å². The summed E-state index contributed by atoms with van der Waals surface area (Å²) in [7, 11) is 1.70. The summed E-state index contributed by atoms with van der Waals surface area (Å²) in [6, 6.07) is 4.97. The highest BCUT2D eigenvalue weighted by atomic mass is 79.9. The van der Waals surface area contributed by atoms with Crippen molar-refractivity contribution in [3.8, 4) is 11.5 Å². The summed E-state index contributed by atoms with van der Waals surface area (Å²) in [5.74, 6) is 1.60. The summed E-state index contributed by atoms with van der Waals surface area (Å²) in [5.41, 5.74) is 1.27. The maximum atomic E-state index is 5.68. The lowest BCUT2D eigenvalue weighted by Crippen LogP contribution is -2.49. The normalized spacial score (nSPS) is 21.8. The molecule has 0 spiro atoms. The zero-order valence-corrected chi connectivity index (χ0v) is 17.5. The molecule has 0 bridgehead atoms. The van der Waals surface area contributed by atoms with Gasteiger partial charge in [-0.15, -0.1) is 12.4 Å². The van der Waals surface area contributed by atoms with Crippen LogP contribution in [0.25, 0.3) is 0 Å². The molecule has 5 nitrogen and oxygen atoms in total. The number of hydrogen-bond donors (Lipinski definition) is 1. The highest BCUT2D eigenvalue weighted by Crippen LogP contribution is 2.37. The van der Waals surface area contributed by atoms with Crippen molar-refractivity contribution in [2.24, 2.45) is 0 Å². The van der Waals surface area contributed by atoms with E-state index in [9.17, 15) is 0 Å². The fourth-order valence-corrected chi connectivity index (χ4v) is 4.31. The maximum absolute atomic E-state index is 5.68. The van der Waals surface area contributed by atoms with Gasteiger partial charge in [-0.05, 0) is 47.0 Å². The second kappa shape index (κ2) is 9.97. The molecule has 0 saturated carbocycles. The topological polar surface area (TPSA) is 37.0 Å². The number of nitrogens with zero attached hydrogens (tertiary/aromatic N) is 2. The Labute approximate surface area is 165 Å². The highest BCUT2D eigenvalue weighted by Gasteiger charge is 2.28. The standard InChI is InChI=1S/C18H28BrN3O2.ClH/c1-3-24-18-16(19)10-14(11-17(18)23-2)12-21-7-4-15(13-21)22-8-5-20-6-9-22;/h10-11,15,20H,3-9,12-13H2,1-2H3;1H. The van der Waals surface area contributed by atoms with E-state index in [1.807, 2.05) is 6.92 Å². The monoisotopic (exact) mass is 433 g/mol.